The number of benzene rings is 1. The van der Waals surface area contributed by atoms with Crippen LogP contribution >= 0.6 is 0 Å². The number of furan rings is 1. The lowest BCUT2D eigenvalue weighted by atomic mass is 10.1. The maximum Gasteiger partial charge on any atom is 0.322 e. The van der Waals surface area contributed by atoms with Gasteiger partial charge in [0.1, 0.15) is 18.1 Å². The van der Waals surface area contributed by atoms with Crippen LogP contribution in [-0.4, -0.2) is 23.5 Å². The lowest BCUT2D eigenvalue weighted by Crippen LogP contribution is -2.28. The maximum atomic E-state index is 13.5. The molecule has 0 aliphatic heterocycles. The van der Waals surface area contributed by atoms with Gasteiger partial charge in [-0.1, -0.05) is 12.1 Å². The minimum atomic E-state index is -1.16. The smallest absolute Gasteiger partial charge is 0.322 e. The van der Waals surface area contributed by atoms with Crippen molar-refractivity contribution >= 4 is 11.9 Å². The Morgan fingerprint density at radius 2 is 1.95 bits per heavy atom. The number of carbonyl (C=O) groups is 2. The average Bonchev–Trinajstić information content (AvgIpc) is 2.86. The Labute approximate surface area is 107 Å². The van der Waals surface area contributed by atoms with E-state index in [-0.39, 0.29) is 17.1 Å². The number of aliphatic carboxylic acids is 1. The van der Waals surface area contributed by atoms with E-state index >= 15 is 0 Å². The van der Waals surface area contributed by atoms with E-state index in [1.807, 2.05) is 0 Å². The number of rotatable bonds is 4. The summed E-state index contributed by atoms with van der Waals surface area (Å²) >= 11 is 0. The third-order valence-corrected chi connectivity index (χ3v) is 2.37. The predicted octanol–water partition coefficient (Wildman–Crippen LogP) is 1.90. The van der Waals surface area contributed by atoms with Gasteiger partial charge in [0.05, 0.1) is 5.56 Å². The molecule has 0 bridgehead atoms. The summed E-state index contributed by atoms with van der Waals surface area (Å²) < 4.78 is 18.7. The standard InChI is InChI=1S/C13H10FNO4/c14-9-4-2-1-3-8(9)10-5-6-11(19-10)13(18)15-7-12(16)17/h1-6H,7H2,(H,15,18)(H,16,17). The molecule has 19 heavy (non-hydrogen) atoms. The Balaban J connectivity index is 2.18. The SMILES string of the molecule is O=C(O)CNC(=O)c1ccc(-c2ccccc2F)o1. The second kappa shape index (κ2) is 5.34. The van der Waals surface area contributed by atoms with Crippen LogP contribution in [0, 0.1) is 5.82 Å². The summed E-state index contributed by atoms with van der Waals surface area (Å²) in [6.45, 7) is -0.505. The van der Waals surface area contributed by atoms with Gasteiger partial charge in [-0.25, -0.2) is 4.39 Å². The topological polar surface area (TPSA) is 79.5 Å². The van der Waals surface area contributed by atoms with Crippen molar-refractivity contribution < 1.29 is 23.5 Å². The highest BCUT2D eigenvalue weighted by molar-refractivity contribution is 5.93. The first-order chi connectivity index (χ1) is 9.08. The number of carboxylic acid groups (broad SMARTS) is 1. The number of hydrogen-bond acceptors (Lipinski definition) is 3. The molecule has 0 unspecified atom stereocenters. The Morgan fingerprint density at radius 3 is 2.63 bits per heavy atom. The molecule has 1 heterocycles. The zero-order valence-electron chi connectivity index (χ0n) is 9.72. The molecule has 98 valence electrons. The van der Waals surface area contributed by atoms with Gasteiger partial charge >= 0.3 is 5.97 Å². The molecule has 2 N–H and O–H groups in total. The van der Waals surface area contributed by atoms with Crippen molar-refractivity contribution in [3.05, 3.63) is 48.0 Å². The Kier molecular flexibility index (Phi) is 3.61. The predicted molar refractivity (Wildman–Crippen MR) is 64.1 cm³/mol. The van der Waals surface area contributed by atoms with Gasteiger partial charge < -0.3 is 14.8 Å². The average molecular weight is 263 g/mol. The second-order valence-corrected chi connectivity index (χ2v) is 3.72. The molecule has 0 radical (unpaired) electrons. The number of halogens is 1. The summed E-state index contributed by atoms with van der Waals surface area (Å²) in [6, 6.07) is 8.80. The fourth-order valence-electron chi connectivity index (χ4n) is 1.51. The fraction of sp³-hybridized carbons (Fsp3) is 0.0769. The van der Waals surface area contributed by atoms with Crippen molar-refractivity contribution in [2.24, 2.45) is 0 Å². The lowest BCUT2D eigenvalue weighted by Gasteiger charge is -2.00. The van der Waals surface area contributed by atoms with Gasteiger partial charge in [0.15, 0.2) is 5.76 Å². The van der Waals surface area contributed by atoms with E-state index in [4.69, 9.17) is 9.52 Å². The van der Waals surface area contributed by atoms with Gasteiger partial charge in [0, 0.05) is 0 Å². The summed E-state index contributed by atoms with van der Waals surface area (Å²) in [7, 11) is 0. The molecule has 1 aromatic heterocycles. The largest absolute Gasteiger partial charge is 0.480 e. The van der Waals surface area contributed by atoms with E-state index in [2.05, 4.69) is 5.32 Å². The number of carboxylic acids is 1. The van der Waals surface area contributed by atoms with E-state index in [1.54, 1.807) is 12.1 Å². The molecule has 2 aromatic rings. The molecule has 0 saturated carbocycles. The quantitative estimate of drug-likeness (QED) is 0.882. The van der Waals surface area contributed by atoms with Gasteiger partial charge in [0.2, 0.25) is 0 Å². The first kappa shape index (κ1) is 12.8. The van der Waals surface area contributed by atoms with Crippen LogP contribution in [0.25, 0.3) is 11.3 Å². The van der Waals surface area contributed by atoms with Crippen LogP contribution in [0.15, 0.2) is 40.8 Å². The molecule has 0 aliphatic rings. The molecule has 5 nitrogen and oxygen atoms in total. The van der Waals surface area contributed by atoms with E-state index in [0.29, 0.717) is 0 Å². The number of amides is 1. The van der Waals surface area contributed by atoms with Crippen molar-refractivity contribution in [1.82, 2.24) is 5.32 Å². The van der Waals surface area contributed by atoms with Crippen molar-refractivity contribution in [2.45, 2.75) is 0 Å². The van der Waals surface area contributed by atoms with E-state index in [0.717, 1.165) is 0 Å². The summed E-state index contributed by atoms with van der Waals surface area (Å²) in [5.74, 6) is -2.15. The van der Waals surface area contributed by atoms with Crippen LogP contribution in [0.4, 0.5) is 4.39 Å². The Morgan fingerprint density at radius 1 is 1.21 bits per heavy atom. The third kappa shape index (κ3) is 2.98. The summed E-state index contributed by atoms with van der Waals surface area (Å²) in [5, 5.41) is 10.6. The van der Waals surface area contributed by atoms with Gasteiger partial charge in [-0.3, -0.25) is 9.59 Å². The zero-order chi connectivity index (χ0) is 13.8. The van der Waals surface area contributed by atoms with Crippen LogP contribution < -0.4 is 5.32 Å². The molecular weight excluding hydrogens is 253 g/mol. The van der Waals surface area contributed by atoms with E-state index in [1.165, 1.54) is 24.3 Å². The highest BCUT2D eigenvalue weighted by atomic mass is 19.1. The monoisotopic (exact) mass is 263 g/mol. The van der Waals surface area contributed by atoms with Crippen molar-refractivity contribution in [3.8, 4) is 11.3 Å². The minimum Gasteiger partial charge on any atom is -0.480 e. The van der Waals surface area contributed by atoms with Crippen molar-refractivity contribution in [1.29, 1.82) is 0 Å². The first-order valence-electron chi connectivity index (χ1n) is 5.42. The van der Waals surface area contributed by atoms with Crippen LogP contribution in [-0.2, 0) is 4.79 Å². The van der Waals surface area contributed by atoms with Gasteiger partial charge in [0.25, 0.3) is 5.91 Å². The van der Waals surface area contributed by atoms with Gasteiger partial charge in [-0.2, -0.15) is 0 Å². The Bertz CT molecular complexity index is 621. The molecule has 1 aromatic carbocycles. The lowest BCUT2D eigenvalue weighted by molar-refractivity contribution is -0.135. The van der Waals surface area contributed by atoms with Crippen LogP contribution in [0.1, 0.15) is 10.6 Å². The number of hydrogen-bond donors (Lipinski definition) is 2. The highest BCUT2D eigenvalue weighted by Crippen LogP contribution is 2.24. The first-order valence-corrected chi connectivity index (χ1v) is 5.42. The molecule has 6 heteroatoms. The second-order valence-electron chi connectivity index (χ2n) is 3.72. The summed E-state index contributed by atoms with van der Waals surface area (Å²) in [4.78, 5) is 21.8. The normalized spacial score (nSPS) is 10.2. The van der Waals surface area contributed by atoms with E-state index in [9.17, 15) is 14.0 Å². The third-order valence-electron chi connectivity index (χ3n) is 2.37. The van der Waals surface area contributed by atoms with Crippen molar-refractivity contribution in [2.75, 3.05) is 6.54 Å². The molecule has 0 aliphatic carbocycles. The molecule has 0 spiro atoms. The van der Waals surface area contributed by atoms with Crippen LogP contribution in [0.5, 0.6) is 0 Å². The highest BCUT2D eigenvalue weighted by Gasteiger charge is 2.14. The number of nitrogens with one attached hydrogen (secondary N) is 1. The van der Waals surface area contributed by atoms with Crippen LogP contribution in [0.3, 0.4) is 0 Å². The van der Waals surface area contributed by atoms with E-state index < -0.39 is 24.2 Å². The van der Waals surface area contributed by atoms with Crippen LogP contribution in [0.2, 0.25) is 0 Å². The summed E-state index contributed by atoms with van der Waals surface area (Å²) in [5.41, 5.74) is 0.236. The molecule has 0 fully saturated rings. The molecule has 0 saturated heterocycles. The Hall–Kier alpha value is -2.63. The summed E-state index contributed by atoms with van der Waals surface area (Å²) in [6.07, 6.45) is 0. The van der Waals surface area contributed by atoms with Gasteiger partial charge in [-0.15, -0.1) is 0 Å². The molecular formula is C13H10FNO4. The molecule has 2 rings (SSSR count). The zero-order valence-corrected chi connectivity index (χ0v) is 9.72. The number of carbonyl (C=O) groups excluding carboxylic acids is 1. The maximum absolute atomic E-state index is 13.5. The van der Waals surface area contributed by atoms with Gasteiger partial charge in [-0.05, 0) is 24.3 Å². The molecule has 1 amide bonds. The minimum absolute atomic E-state index is 0.0699. The molecule has 0 atom stereocenters. The fourth-order valence-corrected chi connectivity index (χ4v) is 1.51. The van der Waals surface area contributed by atoms with Crippen molar-refractivity contribution in [3.63, 3.8) is 0 Å².